The smallest absolute Gasteiger partial charge is 0.305 e. The van der Waals surface area contributed by atoms with Crippen molar-refractivity contribution in [3.8, 4) is 0 Å². The molecule has 0 heterocycles. The minimum Gasteiger partial charge on any atom is -0.463 e. The van der Waals surface area contributed by atoms with Crippen LogP contribution in [0, 0.1) is 0 Å². The topological polar surface area (TPSA) is 107 Å². The normalized spacial score (nSPS) is 15.6. The SMILES string of the molecule is CCC(O)C=CC=CCC=CC=CC(O)CC=CCCCCCC(=O)OCC(O)CO. The predicted molar refractivity (Wildman–Crippen MR) is 124 cm³/mol. The zero-order chi connectivity index (χ0) is 23.2. The van der Waals surface area contributed by atoms with Crippen LogP contribution in [-0.2, 0) is 9.53 Å². The van der Waals surface area contributed by atoms with E-state index in [4.69, 9.17) is 14.9 Å². The molecular formula is C25H40O6. The lowest BCUT2D eigenvalue weighted by Crippen LogP contribution is -2.21. The number of aliphatic hydroxyl groups is 4. The number of carbonyl (C=O) groups is 1. The van der Waals surface area contributed by atoms with Gasteiger partial charge in [0.05, 0.1) is 18.8 Å². The van der Waals surface area contributed by atoms with Crippen molar-refractivity contribution in [1.82, 2.24) is 0 Å². The summed E-state index contributed by atoms with van der Waals surface area (Å²) in [7, 11) is 0. The molecule has 0 aliphatic heterocycles. The fourth-order valence-corrected chi connectivity index (χ4v) is 2.37. The standard InChI is InChI=1S/C25H40O6/c1-2-22(27)16-12-8-4-3-5-9-13-17-23(28)18-14-10-6-7-11-15-19-25(30)31-21-24(29)20-26/h4-5,8-10,12-14,16-17,22-24,26-29H,2-3,6-7,11,15,18-21H2,1H3. The van der Waals surface area contributed by atoms with E-state index in [0.29, 0.717) is 19.3 Å². The lowest BCUT2D eigenvalue weighted by atomic mass is 10.1. The van der Waals surface area contributed by atoms with Crippen molar-refractivity contribution in [1.29, 1.82) is 0 Å². The summed E-state index contributed by atoms with van der Waals surface area (Å²) in [6.45, 7) is 1.35. The molecule has 0 amide bonds. The van der Waals surface area contributed by atoms with E-state index in [9.17, 15) is 15.0 Å². The zero-order valence-electron chi connectivity index (χ0n) is 18.7. The van der Waals surface area contributed by atoms with Crippen LogP contribution in [0.5, 0.6) is 0 Å². The van der Waals surface area contributed by atoms with Crippen molar-refractivity contribution < 1.29 is 30.0 Å². The molecule has 0 saturated carbocycles. The monoisotopic (exact) mass is 436 g/mol. The third-order valence-electron chi connectivity index (χ3n) is 4.29. The summed E-state index contributed by atoms with van der Waals surface area (Å²) < 4.78 is 4.83. The average Bonchev–Trinajstić information content (AvgIpc) is 2.77. The molecule has 0 saturated heterocycles. The van der Waals surface area contributed by atoms with E-state index in [1.165, 1.54) is 0 Å². The van der Waals surface area contributed by atoms with Crippen molar-refractivity contribution in [3.63, 3.8) is 0 Å². The molecule has 0 aromatic carbocycles. The van der Waals surface area contributed by atoms with E-state index in [2.05, 4.69) is 0 Å². The van der Waals surface area contributed by atoms with Crippen LogP contribution in [0.2, 0.25) is 0 Å². The minimum absolute atomic E-state index is 0.163. The fraction of sp³-hybridized carbons (Fsp3) is 0.560. The molecule has 4 N–H and O–H groups in total. The van der Waals surface area contributed by atoms with Crippen LogP contribution in [0.25, 0.3) is 0 Å². The maximum absolute atomic E-state index is 11.4. The molecule has 3 unspecified atom stereocenters. The first-order valence-electron chi connectivity index (χ1n) is 11.1. The molecule has 6 heteroatoms. The zero-order valence-corrected chi connectivity index (χ0v) is 18.7. The van der Waals surface area contributed by atoms with E-state index in [1.54, 1.807) is 12.2 Å². The number of hydrogen-bond acceptors (Lipinski definition) is 6. The number of rotatable bonds is 18. The lowest BCUT2D eigenvalue weighted by molar-refractivity contribution is -0.147. The Hall–Kier alpha value is -1.99. The molecule has 0 aromatic heterocycles. The van der Waals surface area contributed by atoms with E-state index < -0.39 is 18.8 Å². The molecule has 3 atom stereocenters. The molecule has 176 valence electrons. The number of ether oxygens (including phenoxy) is 1. The molecule has 0 rings (SSSR count). The summed E-state index contributed by atoms with van der Waals surface area (Å²) in [5.41, 5.74) is 0. The Morgan fingerprint density at radius 1 is 0.871 bits per heavy atom. The molecule has 0 spiro atoms. The van der Waals surface area contributed by atoms with Crippen molar-refractivity contribution >= 4 is 5.97 Å². The molecule has 0 fully saturated rings. The quantitative estimate of drug-likeness (QED) is 0.113. The highest BCUT2D eigenvalue weighted by atomic mass is 16.5. The number of carbonyl (C=O) groups excluding carboxylic acids is 1. The molecule has 0 bridgehead atoms. The number of unbranched alkanes of at least 4 members (excludes halogenated alkanes) is 3. The second-order valence-corrected chi connectivity index (χ2v) is 7.23. The van der Waals surface area contributed by atoms with Gasteiger partial charge < -0.3 is 25.2 Å². The molecule has 0 aliphatic rings. The van der Waals surface area contributed by atoms with Crippen molar-refractivity contribution in [3.05, 3.63) is 60.8 Å². The summed E-state index contributed by atoms with van der Waals surface area (Å²) in [4.78, 5) is 11.4. The van der Waals surface area contributed by atoms with Gasteiger partial charge in [-0.05, 0) is 38.5 Å². The van der Waals surface area contributed by atoms with Gasteiger partial charge in [-0.1, -0.05) is 74.1 Å². The molecule has 0 aromatic rings. The van der Waals surface area contributed by atoms with Crippen LogP contribution in [0.3, 0.4) is 0 Å². The number of allylic oxidation sites excluding steroid dienone is 7. The first-order valence-corrected chi connectivity index (χ1v) is 11.1. The van der Waals surface area contributed by atoms with Gasteiger partial charge in [0.25, 0.3) is 0 Å². The summed E-state index contributed by atoms with van der Waals surface area (Å²) in [5, 5.41) is 37.0. The Kier molecular flexibility index (Phi) is 19.9. The number of aliphatic hydroxyl groups excluding tert-OH is 4. The third kappa shape index (κ3) is 21.0. The highest BCUT2D eigenvalue weighted by Gasteiger charge is 2.07. The van der Waals surface area contributed by atoms with E-state index >= 15 is 0 Å². The predicted octanol–water partition coefficient (Wildman–Crippen LogP) is 3.53. The fourth-order valence-electron chi connectivity index (χ4n) is 2.37. The summed E-state index contributed by atoms with van der Waals surface area (Å²) >= 11 is 0. The largest absolute Gasteiger partial charge is 0.463 e. The average molecular weight is 437 g/mol. The van der Waals surface area contributed by atoms with Crippen molar-refractivity contribution in [2.75, 3.05) is 13.2 Å². The first kappa shape index (κ1) is 29.0. The van der Waals surface area contributed by atoms with E-state index in [1.807, 2.05) is 55.5 Å². The van der Waals surface area contributed by atoms with Crippen LogP contribution in [0.1, 0.15) is 58.3 Å². The summed E-state index contributed by atoms with van der Waals surface area (Å²) in [6, 6.07) is 0. The van der Waals surface area contributed by atoms with Crippen LogP contribution in [0.4, 0.5) is 0 Å². The molecule has 31 heavy (non-hydrogen) atoms. The minimum atomic E-state index is -1.01. The van der Waals surface area contributed by atoms with Gasteiger partial charge in [-0.15, -0.1) is 0 Å². The van der Waals surface area contributed by atoms with Gasteiger partial charge in [-0.3, -0.25) is 4.79 Å². The van der Waals surface area contributed by atoms with Crippen LogP contribution < -0.4 is 0 Å². The Morgan fingerprint density at radius 3 is 2.19 bits per heavy atom. The van der Waals surface area contributed by atoms with Gasteiger partial charge in [0.1, 0.15) is 12.7 Å². The van der Waals surface area contributed by atoms with Gasteiger partial charge in [-0.25, -0.2) is 0 Å². The Morgan fingerprint density at radius 2 is 1.55 bits per heavy atom. The van der Waals surface area contributed by atoms with Gasteiger partial charge in [0, 0.05) is 6.42 Å². The maximum Gasteiger partial charge on any atom is 0.305 e. The van der Waals surface area contributed by atoms with Crippen LogP contribution in [0.15, 0.2) is 60.8 Å². The van der Waals surface area contributed by atoms with Gasteiger partial charge in [0.2, 0.25) is 0 Å². The van der Waals surface area contributed by atoms with Crippen molar-refractivity contribution in [2.24, 2.45) is 0 Å². The summed E-state index contributed by atoms with van der Waals surface area (Å²) in [6.07, 6.45) is 22.9. The number of esters is 1. The number of hydrogen-bond donors (Lipinski definition) is 4. The van der Waals surface area contributed by atoms with Gasteiger partial charge in [-0.2, -0.15) is 0 Å². The Balaban J connectivity index is 3.70. The molecular weight excluding hydrogens is 396 g/mol. The van der Waals surface area contributed by atoms with Gasteiger partial charge >= 0.3 is 5.97 Å². The lowest BCUT2D eigenvalue weighted by Gasteiger charge is -2.08. The van der Waals surface area contributed by atoms with E-state index in [0.717, 1.165) is 32.1 Å². The second-order valence-electron chi connectivity index (χ2n) is 7.23. The highest BCUT2D eigenvalue weighted by molar-refractivity contribution is 5.69. The first-order chi connectivity index (χ1) is 15.0. The van der Waals surface area contributed by atoms with E-state index in [-0.39, 0.29) is 18.7 Å². The van der Waals surface area contributed by atoms with Crippen LogP contribution in [-0.4, -0.2) is 57.9 Å². The third-order valence-corrected chi connectivity index (χ3v) is 4.29. The van der Waals surface area contributed by atoms with Crippen molar-refractivity contribution in [2.45, 2.75) is 76.6 Å². The Bertz CT molecular complexity index is 577. The second kappa shape index (κ2) is 21.2. The van der Waals surface area contributed by atoms with Crippen LogP contribution >= 0.6 is 0 Å². The molecule has 0 radical (unpaired) electrons. The Labute approximate surface area is 187 Å². The molecule has 6 nitrogen and oxygen atoms in total. The summed E-state index contributed by atoms with van der Waals surface area (Å²) in [5.74, 6) is -0.355. The highest BCUT2D eigenvalue weighted by Crippen LogP contribution is 2.06. The molecule has 0 aliphatic carbocycles. The maximum atomic E-state index is 11.4. The van der Waals surface area contributed by atoms with Gasteiger partial charge in [0.15, 0.2) is 0 Å².